The van der Waals surface area contributed by atoms with Gasteiger partial charge in [0, 0.05) is 36.6 Å². The zero-order valence-corrected chi connectivity index (χ0v) is 20.1. The van der Waals surface area contributed by atoms with Crippen molar-refractivity contribution in [1.29, 1.82) is 0 Å². The van der Waals surface area contributed by atoms with E-state index in [1.807, 2.05) is 68.2 Å². The molecule has 35 heavy (non-hydrogen) atoms. The highest BCUT2D eigenvalue weighted by molar-refractivity contribution is 5.83. The molecule has 4 heterocycles. The molecule has 182 valence electrons. The number of anilines is 1. The predicted molar refractivity (Wildman–Crippen MR) is 132 cm³/mol. The standard InChI is InChI=1S/C25H29N7O3/c1-25(2,3)34-24(33)35-31-10-8-18(9-11-31)32-15-17(14-28-32)16-12-19(22(26)27-13-16)23-29-20-6-4-5-7-21(20)30-23/h4-7,12-15,18H,8-11H2,1-3H3,(H2,26,27)(H,29,30). The van der Waals surface area contributed by atoms with Gasteiger partial charge in [0.1, 0.15) is 17.2 Å². The van der Waals surface area contributed by atoms with Crippen molar-refractivity contribution in [2.24, 2.45) is 0 Å². The molecule has 4 aromatic rings. The third kappa shape index (κ3) is 5.12. The Hall–Kier alpha value is -3.92. The molecule has 0 atom stereocenters. The Bertz CT molecular complexity index is 1310. The average molecular weight is 476 g/mol. The number of nitrogens with one attached hydrogen (secondary N) is 1. The van der Waals surface area contributed by atoms with Gasteiger partial charge in [-0.25, -0.2) is 14.8 Å². The second kappa shape index (κ2) is 9.03. The lowest BCUT2D eigenvalue weighted by atomic mass is 10.1. The molecule has 0 amide bonds. The molecular weight excluding hydrogens is 446 g/mol. The number of benzene rings is 1. The van der Waals surface area contributed by atoms with E-state index in [1.165, 1.54) is 0 Å². The first-order valence-electron chi connectivity index (χ1n) is 11.7. The first-order valence-corrected chi connectivity index (χ1v) is 11.7. The molecule has 1 aromatic carbocycles. The zero-order valence-electron chi connectivity index (χ0n) is 20.1. The summed E-state index contributed by atoms with van der Waals surface area (Å²) < 4.78 is 7.20. The summed E-state index contributed by atoms with van der Waals surface area (Å²) in [5.41, 5.74) is 10.0. The number of aromatic amines is 1. The molecule has 5 rings (SSSR count). The van der Waals surface area contributed by atoms with Crippen molar-refractivity contribution in [2.45, 2.75) is 45.3 Å². The van der Waals surface area contributed by atoms with Crippen molar-refractivity contribution in [3.63, 3.8) is 0 Å². The second-order valence-corrected chi connectivity index (χ2v) is 9.68. The highest BCUT2D eigenvalue weighted by atomic mass is 16.8. The van der Waals surface area contributed by atoms with Crippen molar-refractivity contribution in [3.8, 4) is 22.5 Å². The number of rotatable bonds is 4. The fourth-order valence-corrected chi connectivity index (χ4v) is 4.16. The Balaban J connectivity index is 1.27. The van der Waals surface area contributed by atoms with E-state index in [2.05, 4.69) is 20.1 Å². The number of hydrogen-bond acceptors (Lipinski definition) is 8. The maximum atomic E-state index is 11.9. The summed E-state index contributed by atoms with van der Waals surface area (Å²) in [7, 11) is 0. The molecule has 3 aromatic heterocycles. The highest BCUT2D eigenvalue weighted by Crippen LogP contribution is 2.30. The van der Waals surface area contributed by atoms with Gasteiger partial charge in [0.2, 0.25) is 0 Å². The van der Waals surface area contributed by atoms with E-state index >= 15 is 0 Å². The third-order valence-electron chi connectivity index (χ3n) is 5.89. The summed E-state index contributed by atoms with van der Waals surface area (Å²) in [6.45, 7) is 6.65. The van der Waals surface area contributed by atoms with Gasteiger partial charge in [0.15, 0.2) is 0 Å². The lowest BCUT2D eigenvalue weighted by Crippen LogP contribution is -2.38. The molecule has 3 N–H and O–H groups in total. The van der Waals surface area contributed by atoms with Crippen molar-refractivity contribution in [1.82, 2.24) is 29.8 Å². The molecule has 0 radical (unpaired) electrons. The van der Waals surface area contributed by atoms with Crippen molar-refractivity contribution < 1.29 is 14.4 Å². The number of nitrogens with two attached hydrogens (primary N) is 1. The van der Waals surface area contributed by atoms with Gasteiger partial charge < -0.3 is 20.3 Å². The number of nitrogens with zero attached hydrogens (tertiary/aromatic N) is 5. The van der Waals surface area contributed by atoms with Crippen molar-refractivity contribution in [3.05, 3.63) is 48.9 Å². The number of piperidine rings is 1. The number of nitrogen functional groups attached to an aromatic ring is 1. The van der Waals surface area contributed by atoms with Gasteiger partial charge in [-0.3, -0.25) is 4.68 Å². The van der Waals surface area contributed by atoms with Gasteiger partial charge in [-0.2, -0.15) is 5.10 Å². The Labute approximate surface area is 203 Å². The number of carbonyl (C=O) groups excluding carboxylic acids is 1. The van der Waals surface area contributed by atoms with Crippen LogP contribution < -0.4 is 5.73 Å². The van der Waals surface area contributed by atoms with E-state index in [0.717, 1.165) is 40.6 Å². The topological polar surface area (TPSA) is 124 Å². The minimum absolute atomic E-state index is 0.207. The van der Waals surface area contributed by atoms with Crippen LogP contribution in [0.1, 0.15) is 39.7 Å². The van der Waals surface area contributed by atoms with E-state index in [9.17, 15) is 4.79 Å². The molecular formula is C25H29N7O3. The number of para-hydroxylation sites is 2. The van der Waals surface area contributed by atoms with Gasteiger partial charge in [0.05, 0.1) is 28.8 Å². The normalized spacial score (nSPS) is 15.4. The summed E-state index contributed by atoms with van der Waals surface area (Å²) in [6, 6.07) is 10.0. The molecule has 1 aliphatic heterocycles. The fraction of sp³-hybridized carbons (Fsp3) is 0.360. The van der Waals surface area contributed by atoms with E-state index < -0.39 is 11.8 Å². The van der Waals surface area contributed by atoms with Crippen LogP contribution in [0.25, 0.3) is 33.5 Å². The third-order valence-corrected chi connectivity index (χ3v) is 5.89. The zero-order chi connectivity index (χ0) is 24.6. The van der Waals surface area contributed by atoms with Crippen molar-refractivity contribution >= 4 is 23.0 Å². The monoisotopic (exact) mass is 475 g/mol. The lowest BCUT2D eigenvalue weighted by molar-refractivity contribution is -0.154. The smallest absolute Gasteiger partial charge is 0.427 e. The quantitative estimate of drug-likeness (QED) is 0.411. The molecule has 0 spiro atoms. The molecule has 1 saturated heterocycles. The predicted octanol–water partition coefficient (Wildman–Crippen LogP) is 4.57. The largest absolute Gasteiger partial charge is 0.528 e. The molecule has 0 aliphatic carbocycles. The Morgan fingerprint density at radius 1 is 1.14 bits per heavy atom. The number of aromatic nitrogens is 5. The van der Waals surface area contributed by atoms with Crippen LogP contribution in [0.4, 0.5) is 10.6 Å². The molecule has 0 bridgehead atoms. The highest BCUT2D eigenvalue weighted by Gasteiger charge is 2.26. The van der Waals surface area contributed by atoms with Crippen LogP contribution >= 0.6 is 0 Å². The number of pyridine rings is 1. The minimum atomic E-state index is -0.673. The van der Waals surface area contributed by atoms with Gasteiger partial charge in [-0.05, 0) is 51.8 Å². The Kier molecular flexibility index (Phi) is 5.89. The first kappa shape index (κ1) is 22.9. The van der Waals surface area contributed by atoms with Crippen LogP contribution in [0.2, 0.25) is 0 Å². The van der Waals surface area contributed by atoms with E-state index in [0.29, 0.717) is 24.7 Å². The van der Waals surface area contributed by atoms with Gasteiger partial charge in [-0.15, -0.1) is 5.06 Å². The summed E-state index contributed by atoms with van der Waals surface area (Å²) in [5.74, 6) is 1.10. The van der Waals surface area contributed by atoms with Crippen LogP contribution in [0.15, 0.2) is 48.9 Å². The van der Waals surface area contributed by atoms with Gasteiger partial charge >= 0.3 is 6.16 Å². The number of fused-ring (bicyclic) bond motifs is 1. The molecule has 10 heteroatoms. The number of hydrogen-bond donors (Lipinski definition) is 2. The van der Waals surface area contributed by atoms with Crippen LogP contribution in [0.5, 0.6) is 0 Å². The van der Waals surface area contributed by atoms with Gasteiger partial charge in [0.25, 0.3) is 0 Å². The van der Waals surface area contributed by atoms with Crippen molar-refractivity contribution in [2.75, 3.05) is 18.8 Å². The fourth-order valence-electron chi connectivity index (χ4n) is 4.16. The SMILES string of the molecule is CC(C)(C)OC(=O)ON1CCC(n2cc(-c3cnc(N)c(-c4nc5ccccc5[nH]4)c3)cn2)CC1. The minimum Gasteiger partial charge on any atom is -0.427 e. The summed E-state index contributed by atoms with van der Waals surface area (Å²) in [5, 5.41) is 6.24. The van der Waals surface area contributed by atoms with Gasteiger partial charge in [-0.1, -0.05) is 12.1 Å². The van der Waals surface area contributed by atoms with E-state index in [4.69, 9.17) is 15.3 Å². The number of H-pyrrole nitrogens is 1. The number of imidazole rings is 1. The second-order valence-electron chi connectivity index (χ2n) is 9.68. The first-order chi connectivity index (χ1) is 16.7. The molecule has 1 aliphatic rings. The molecule has 0 saturated carbocycles. The average Bonchev–Trinajstić information content (AvgIpc) is 3.46. The van der Waals surface area contributed by atoms with Crippen LogP contribution in [0.3, 0.4) is 0 Å². The van der Waals surface area contributed by atoms with E-state index in [-0.39, 0.29) is 6.04 Å². The van der Waals surface area contributed by atoms with E-state index in [1.54, 1.807) is 11.3 Å². The maximum absolute atomic E-state index is 11.9. The van der Waals surface area contributed by atoms with Crippen LogP contribution in [-0.4, -0.2) is 54.6 Å². The Morgan fingerprint density at radius 2 is 1.91 bits per heavy atom. The lowest BCUT2D eigenvalue weighted by Gasteiger charge is -2.31. The molecule has 1 fully saturated rings. The molecule has 0 unspecified atom stereocenters. The Morgan fingerprint density at radius 3 is 2.66 bits per heavy atom. The number of hydroxylamine groups is 2. The maximum Gasteiger partial charge on any atom is 0.528 e. The van der Waals surface area contributed by atoms with Crippen LogP contribution in [-0.2, 0) is 9.57 Å². The summed E-state index contributed by atoms with van der Waals surface area (Å²) in [6.07, 6.45) is 6.53. The van der Waals surface area contributed by atoms with Crippen LogP contribution in [0, 0.1) is 0 Å². The molecule has 10 nitrogen and oxygen atoms in total. The number of carbonyl (C=O) groups is 1. The summed E-state index contributed by atoms with van der Waals surface area (Å²) in [4.78, 5) is 29.6. The number of ether oxygens (including phenoxy) is 1. The summed E-state index contributed by atoms with van der Waals surface area (Å²) >= 11 is 0.